The van der Waals surface area contributed by atoms with E-state index < -0.39 is 6.03 Å². The van der Waals surface area contributed by atoms with Crippen LogP contribution >= 0.6 is 11.6 Å². The number of hydrogen-bond donors (Lipinski definition) is 2. The van der Waals surface area contributed by atoms with Gasteiger partial charge in [0, 0.05) is 26.4 Å². The van der Waals surface area contributed by atoms with Crippen LogP contribution in [-0.2, 0) is 0 Å². The Morgan fingerprint density at radius 2 is 2.33 bits per heavy atom. The summed E-state index contributed by atoms with van der Waals surface area (Å²) in [5, 5.41) is 11.0. The molecule has 1 aromatic heterocycles. The van der Waals surface area contributed by atoms with Crippen molar-refractivity contribution in [3.05, 3.63) is 28.8 Å². The Bertz CT molecular complexity index is 427. The summed E-state index contributed by atoms with van der Waals surface area (Å²) in [4.78, 5) is 14.9. The van der Waals surface area contributed by atoms with Crippen LogP contribution in [0.15, 0.2) is 23.3 Å². The summed E-state index contributed by atoms with van der Waals surface area (Å²) in [6.45, 7) is 0. The molecule has 0 fully saturated rings. The van der Waals surface area contributed by atoms with Crippen molar-refractivity contribution in [2.24, 2.45) is 4.99 Å². The predicted octanol–water partition coefficient (Wildman–Crippen LogP) is 0.466. The van der Waals surface area contributed by atoms with E-state index in [9.17, 15) is 4.79 Å². The van der Waals surface area contributed by atoms with Gasteiger partial charge in [0.25, 0.3) is 0 Å². The Morgan fingerprint density at radius 1 is 1.67 bits per heavy atom. The highest BCUT2D eigenvalue weighted by atomic mass is 35.5. The molecule has 2 amide bonds. The molecule has 0 aliphatic heterocycles. The smallest absolute Gasteiger partial charge is 0.355 e. The van der Waals surface area contributed by atoms with E-state index in [1.807, 2.05) is 0 Å². The molecule has 2 N–H and O–H groups in total. The molecule has 0 bridgehead atoms. The van der Waals surface area contributed by atoms with Crippen LogP contribution in [0.5, 0.6) is 0 Å². The number of aromatic nitrogens is 1. The molecule has 0 unspecified atom stereocenters. The second-order valence-electron chi connectivity index (χ2n) is 2.98. The van der Waals surface area contributed by atoms with Crippen LogP contribution in [0.1, 0.15) is 0 Å². The van der Waals surface area contributed by atoms with E-state index >= 15 is 0 Å². The Labute approximate surface area is 91.3 Å². The van der Waals surface area contributed by atoms with Gasteiger partial charge in [0.05, 0.1) is 5.36 Å². The summed E-state index contributed by atoms with van der Waals surface area (Å²) in [6.07, 6.45) is 1.30. The fourth-order valence-electron chi connectivity index (χ4n) is 0.858. The summed E-state index contributed by atoms with van der Waals surface area (Å²) >= 11 is 5.61. The molecule has 0 saturated carbocycles. The van der Waals surface area contributed by atoms with Gasteiger partial charge in [-0.3, -0.25) is 5.43 Å². The highest BCUT2D eigenvalue weighted by Crippen LogP contribution is 2.00. The monoisotopic (exact) mass is 230 g/mol. The van der Waals surface area contributed by atoms with Crippen molar-refractivity contribution in [2.45, 2.75) is 0 Å². The van der Waals surface area contributed by atoms with Gasteiger partial charge in [0.15, 0.2) is 0 Å². The lowest BCUT2D eigenvalue weighted by Gasteiger charge is -2.08. The Hall–Kier alpha value is -1.53. The third kappa shape index (κ3) is 3.61. The van der Waals surface area contributed by atoms with Gasteiger partial charge in [0.2, 0.25) is 0 Å². The molecule has 82 valence electrons. The Kier molecular flexibility index (Phi) is 3.70. The minimum Gasteiger partial charge on any atom is -0.428 e. The van der Waals surface area contributed by atoms with Crippen LogP contribution in [-0.4, -0.2) is 35.1 Å². The zero-order valence-corrected chi connectivity index (χ0v) is 9.06. The fourth-order valence-corrected chi connectivity index (χ4v) is 1.03. The maximum Gasteiger partial charge on any atom is 0.355 e. The second kappa shape index (κ2) is 4.81. The summed E-state index contributed by atoms with van der Waals surface area (Å²) < 4.78 is 0.727. The molecule has 1 rings (SSSR count). The van der Waals surface area contributed by atoms with Crippen LogP contribution in [0.3, 0.4) is 0 Å². The molecule has 7 heteroatoms. The summed E-state index contributed by atoms with van der Waals surface area (Å²) in [5.41, 5.74) is 2.44. The van der Waals surface area contributed by atoms with Crippen molar-refractivity contribution in [1.29, 1.82) is 0 Å². The quantitative estimate of drug-likeness (QED) is 0.419. The molecule has 15 heavy (non-hydrogen) atoms. The third-order valence-corrected chi connectivity index (χ3v) is 1.70. The minimum absolute atomic E-state index is 0.0777. The minimum atomic E-state index is -0.508. The molecule has 1 heterocycles. The number of carbonyl (C=O) groups excluding carboxylic acids is 1. The van der Waals surface area contributed by atoms with E-state index in [0.717, 1.165) is 4.73 Å². The second-order valence-corrected chi connectivity index (χ2v) is 3.36. The number of carbonyl (C=O) groups is 1. The lowest BCUT2D eigenvalue weighted by molar-refractivity contribution is 0.185. The first kappa shape index (κ1) is 11.5. The molecule has 0 saturated heterocycles. The lowest BCUT2D eigenvalue weighted by atomic mass is 10.5. The number of nitrogens with zero attached hydrogens (tertiary/aromatic N) is 3. The summed E-state index contributed by atoms with van der Waals surface area (Å²) in [5.74, 6) is 0. The van der Waals surface area contributed by atoms with E-state index in [2.05, 4.69) is 10.4 Å². The summed E-state index contributed by atoms with van der Waals surface area (Å²) in [6, 6.07) is 2.32. The van der Waals surface area contributed by atoms with Crippen LogP contribution < -0.4 is 10.8 Å². The van der Waals surface area contributed by atoms with Crippen LogP contribution in [0.25, 0.3) is 0 Å². The van der Waals surface area contributed by atoms with E-state index in [0.29, 0.717) is 5.36 Å². The number of pyridine rings is 1. The van der Waals surface area contributed by atoms with Crippen molar-refractivity contribution >= 4 is 17.6 Å². The first-order chi connectivity index (χ1) is 6.99. The van der Waals surface area contributed by atoms with E-state index in [1.165, 1.54) is 23.3 Å². The SMILES string of the molecule is CN(C)NC(=O)/N=c1\ccn(O)c(Cl)c1. The van der Waals surface area contributed by atoms with E-state index in [1.54, 1.807) is 14.1 Å². The van der Waals surface area contributed by atoms with Gasteiger partial charge in [-0.2, -0.15) is 9.72 Å². The lowest BCUT2D eigenvalue weighted by Crippen LogP contribution is -2.35. The first-order valence-corrected chi connectivity index (χ1v) is 4.47. The van der Waals surface area contributed by atoms with Crippen molar-refractivity contribution in [3.8, 4) is 0 Å². The van der Waals surface area contributed by atoms with Gasteiger partial charge in [-0.05, 0) is 6.07 Å². The van der Waals surface area contributed by atoms with Crippen molar-refractivity contribution in [3.63, 3.8) is 0 Å². The van der Waals surface area contributed by atoms with Gasteiger partial charge in [-0.25, -0.2) is 9.80 Å². The number of hydrogen-bond acceptors (Lipinski definition) is 3. The molecule has 0 radical (unpaired) electrons. The molecule has 0 aliphatic carbocycles. The molecule has 0 aliphatic rings. The zero-order chi connectivity index (χ0) is 11.4. The van der Waals surface area contributed by atoms with Crippen molar-refractivity contribution in [2.75, 3.05) is 14.1 Å². The molecule has 6 nitrogen and oxygen atoms in total. The van der Waals surface area contributed by atoms with Gasteiger partial charge >= 0.3 is 6.03 Å². The molecular weight excluding hydrogens is 220 g/mol. The maximum absolute atomic E-state index is 11.2. The number of nitrogens with one attached hydrogen (secondary N) is 1. The number of hydrazine groups is 1. The number of amides is 2. The Balaban J connectivity index is 2.91. The van der Waals surface area contributed by atoms with Crippen molar-refractivity contribution < 1.29 is 10.0 Å². The van der Waals surface area contributed by atoms with E-state index in [-0.39, 0.29) is 5.15 Å². The molecular formula is C8H11ClN4O2. The first-order valence-electron chi connectivity index (χ1n) is 4.09. The average molecular weight is 231 g/mol. The number of rotatable bonds is 1. The molecule has 0 spiro atoms. The highest BCUT2D eigenvalue weighted by molar-refractivity contribution is 6.29. The third-order valence-electron chi connectivity index (χ3n) is 1.42. The zero-order valence-electron chi connectivity index (χ0n) is 8.31. The number of urea groups is 1. The maximum atomic E-state index is 11.2. The van der Waals surface area contributed by atoms with Gasteiger partial charge in [-0.15, -0.1) is 0 Å². The van der Waals surface area contributed by atoms with E-state index in [4.69, 9.17) is 16.8 Å². The Morgan fingerprint density at radius 3 is 2.87 bits per heavy atom. The standard InChI is InChI=1S/C8H11ClN4O2/c1-12(2)11-8(14)10-6-3-4-13(15)7(9)5-6/h3-5,15H,1-2H3,(H,11,14)/b10-6+. The number of halogens is 1. The van der Waals surface area contributed by atoms with Crippen LogP contribution in [0, 0.1) is 0 Å². The molecule has 1 aromatic rings. The van der Waals surface area contributed by atoms with Crippen LogP contribution in [0.2, 0.25) is 5.15 Å². The topological polar surface area (TPSA) is 69.9 Å². The average Bonchev–Trinajstić information content (AvgIpc) is 2.10. The van der Waals surface area contributed by atoms with Crippen LogP contribution in [0.4, 0.5) is 4.79 Å². The van der Waals surface area contributed by atoms with Gasteiger partial charge in [0.1, 0.15) is 5.15 Å². The largest absolute Gasteiger partial charge is 0.428 e. The van der Waals surface area contributed by atoms with Gasteiger partial charge < -0.3 is 5.21 Å². The fraction of sp³-hybridized carbons (Fsp3) is 0.250. The molecule has 0 atom stereocenters. The summed E-state index contributed by atoms with van der Waals surface area (Å²) in [7, 11) is 3.35. The van der Waals surface area contributed by atoms with Crippen molar-refractivity contribution in [1.82, 2.24) is 15.2 Å². The predicted molar refractivity (Wildman–Crippen MR) is 54.4 cm³/mol. The van der Waals surface area contributed by atoms with Gasteiger partial charge in [-0.1, -0.05) is 11.6 Å². The normalized spacial score (nSPS) is 11.9. The highest BCUT2D eigenvalue weighted by Gasteiger charge is 1.98. The molecule has 0 aromatic carbocycles.